The summed E-state index contributed by atoms with van der Waals surface area (Å²) < 4.78 is 17.1. The number of aromatic nitrogens is 3. The first kappa shape index (κ1) is 23.7. The number of carbonyl (C=O) groups is 1. The van der Waals surface area contributed by atoms with Crippen LogP contribution in [0, 0.1) is 5.92 Å². The predicted molar refractivity (Wildman–Crippen MR) is 132 cm³/mol. The first-order chi connectivity index (χ1) is 16.4. The zero-order valence-corrected chi connectivity index (χ0v) is 20.8. The van der Waals surface area contributed by atoms with E-state index < -0.39 is 5.91 Å². The zero-order chi connectivity index (χ0) is 24.2. The highest BCUT2D eigenvalue weighted by atomic mass is 79.9. The summed E-state index contributed by atoms with van der Waals surface area (Å²) in [6.07, 6.45) is 3.12. The molecule has 1 aromatic carbocycles. The van der Waals surface area contributed by atoms with Gasteiger partial charge in [0.2, 0.25) is 5.88 Å². The molecule has 3 aromatic rings. The highest BCUT2D eigenvalue weighted by Crippen LogP contribution is 2.40. The third kappa shape index (κ3) is 5.06. The summed E-state index contributed by atoms with van der Waals surface area (Å²) in [5.74, 6) is 1.72. The van der Waals surface area contributed by atoms with Crippen LogP contribution < -0.4 is 25.3 Å². The second-order valence-corrected chi connectivity index (χ2v) is 8.56. The van der Waals surface area contributed by atoms with Crippen molar-refractivity contribution in [1.29, 1.82) is 0 Å². The molecule has 0 bridgehead atoms. The molecule has 3 N–H and O–H groups in total. The molecule has 1 fully saturated rings. The molecule has 34 heavy (non-hydrogen) atoms. The lowest BCUT2D eigenvalue weighted by atomic mass is 10.1. The Kier molecular flexibility index (Phi) is 7.16. The number of pyridine rings is 1. The Bertz CT molecular complexity index is 1190. The number of para-hydroxylation sites is 1. The van der Waals surface area contributed by atoms with E-state index in [4.69, 9.17) is 29.9 Å². The third-order valence-corrected chi connectivity index (χ3v) is 6.05. The van der Waals surface area contributed by atoms with Gasteiger partial charge in [-0.05, 0) is 66.2 Å². The summed E-state index contributed by atoms with van der Waals surface area (Å²) in [5.41, 5.74) is 8.01. The Labute approximate surface area is 206 Å². The van der Waals surface area contributed by atoms with Gasteiger partial charge in [-0.2, -0.15) is 0 Å². The van der Waals surface area contributed by atoms with Crippen LogP contribution in [0.4, 0.5) is 11.5 Å². The number of ether oxygens (including phenoxy) is 3. The van der Waals surface area contributed by atoms with E-state index in [1.807, 2.05) is 25.1 Å². The van der Waals surface area contributed by atoms with Crippen molar-refractivity contribution in [2.75, 3.05) is 26.1 Å². The van der Waals surface area contributed by atoms with Gasteiger partial charge in [0.25, 0.3) is 5.91 Å². The molecule has 0 atom stereocenters. The van der Waals surface area contributed by atoms with Crippen LogP contribution in [0.15, 0.2) is 34.9 Å². The highest BCUT2D eigenvalue weighted by molar-refractivity contribution is 9.10. The van der Waals surface area contributed by atoms with Crippen molar-refractivity contribution in [1.82, 2.24) is 15.0 Å². The summed E-state index contributed by atoms with van der Waals surface area (Å²) in [6.45, 7) is 2.25. The number of primary amides is 1. The minimum absolute atomic E-state index is 0.0509. The van der Waals surface area contributed by atoms with E-state index in [0.29, 0.717) is 57.3 Å². The highest BCUT2D eigenvalue weighted by Gasteiger charge is 2.27. The number of nitrogens with two attached hydrogens (primary N) is 1. The fraction of sp³-hybridized carbons (Fsp3) is 0.333. The van der Waals surface area contributed by atoms with Gasteiger partial charge in [0.1, 0.15) is 33.2 Å². The molecule has 0 spiro atoms. The topological polar surface area (TPSA) is 121 Å². The molecule has 10 heteroatoms. The zero-order valence-electron chi connectivity index (χ0n) is 19.2. The van der Waals surface area contributed by atoms with Crippen LogP contribution in [0.5, 0.6) is 17.4 Å². The number of nitrogens with zero attached hydrogens (tertiary/aromatic N) is 3. The summed E-state index contributed by atoms with van der Waals surface area (Å²) >= 11 is 3.57. The van der Waals surface area contributed by atoms with Crippen LogP contribution in [0.3, 0.4) is 0 Å². The van der Waals surface area contributed by atoms with Gasteiger partial charge < -0.3 is 25.3 Å². The van der Waals surface area contributed by atoms with Crippen LogP contribution in [-0.2, 0) is 6.42 Å². The molecule has 1 amide bonds. The lowest BCUT2D eigenvalue weighted by molar-refractivity contribution is 0.0995. The lowest BCUT2D eigenvalue weighted by Gasteiger charge is -2.18. The average molecular weight is 528 g/mol. The van der Waals surface area contributed by atoms with E-state index in [0.717, 1.165) is 12.1 Å². The molecule has 1 aliphatic rings. The van der Waals surface area contributed by atoms with Crippen molar-refractivity contribution in [3.8, 4) is 28.6 Å². The van der Waals surface area contributed by atoms with Gasteiger partial charge in [-0.3, -0.25) is 4.79 Å². The number of methoxy groups -OCH3 is 2. The Morgan fingerprint density at radius 1 is 1.12 bits per heavy atom. The quantitative estimate of drug-likeness (QED) is 0.394. The molecule has 0 aliphatic heterocycles. The van der Waals surface area contributed by atoms with E-state index in [2.05, 4.69) is 26.2 Å². The van der Waals surface area contributed by atoms with E-state index in [1.165, 1.54) is 12.8 Å². The molecular weight excluding hydrogens is 502 g/mol. The standard InChI is InChI=1S/C24H26BrN5O4/c1-4-34-18-11-10-14(19(28-18)23(26)31)20-24(30-22(25)15(27-20)12-13-8-9-13)29-21-16(32-2)6-5-7-17(21)33-3/h5-7,10-11,13H,4,8-9,12H2,1-3H3,(H2,26,31)(H,29,30). The number of benzene rings is 1. The number of nitrogens with one attached hydrogen (secondary N) is 1. The molecule has 2 aromatic heterocycles. The van der Waals surface area contributed by atoms with Crippen molar-refractivity contribution in [2.45, 2.75) is 26.2 Å². The summed E-state index contributed by atoms with van der Waals surface area (Å²) in [5, 5.41) is 3.29. The average Bonchev–Trinajstić information content (AvgIpc) is 3.65. The fourth-order valence-corrected chi connectivity index (χ4v) is 4.02. The number of hydrogen-bond donors (Lipinski definition) is 2. The van der Waals surface area contributed by atoms with Crippen molar-refractivity contribution >= 4 is 33.3 Å². The van der Waals surface area contributed by atoms with Gasteiger partial charge in [-0.1, -0.05) is 6.07 Å². The monoisotopic (exact) mass is 527 g/mol. The number of hydrogen-bond acceptors (Lipinski definition) is 8. The number of rotatable bonds is 10. The smallest absolute Gasteiger partial charge is 0.268 e. The summed E-state index contributed by atoms with van der Waals surface area (Å²) in [4.78, 5) is 26.3. The molecule has 9 nitrogen and oxygen atoms in total. The van der Waals surface area contributed by atoms with Crippen molar-refractivity contribution in [2.24, 2.45) is 11.7 Å². The normalized spacial score (nSPS) is 12.8. The molecule has 4 rings (SSSR count). The maximum atomic E-state index is 12.3. The molecule has 0 saturated heterocycles. The van der Waals surface area contributed by atoms with Gasteiger partial charge >= 0.3 is 0 Å². The van der Waals surface area contributed by atoms with Crippen molar-refractivity contribution in [3.05, 3.63) is 46.3 Å². The molecule has 178 valence electrons. The summed E-state index contributed by atoms with van der Waals surface area (Å²) in [6, 6.07) is 8.85. The first-order valence-electron chi connectivity index (χ1n) is 10.9. The van der Waals surface area contributed by atoms with E-state index in [9.17, 15) is 4.79 Å². The Balaban J connectivity index is 1.89. The van der Waals surface area contributed by atoms with Gasteiger partial charge in [-0.15, -0.1) is 0 Å². The van der Waals surface area contributed by atoms with Crippen LogP contribution in [0.2, 0.25) is 0 Å². The largest absolute Gasteiger partial charge is 0.494 e. The number of halogens is 1. The SMILES string of the molecule is CCOc1ccc(-c2nc(CC3CC3)c(Br)nc2Nc2c(OC)cccc2OC)c(C(N)=O)n1. The first-order valence-corrected chi connectivity index (χ1v) is 11.7. The second kappa shape index (κ2) is 10.3. The number of amides is 1. The second-order valence-electron chi connectivity index (χ2n) is 7.81. The molecule has 1 saturated carbocycles. The number of anilines is 2. The Morgan fingerprint density at radius 2 is 1.82 bits per heavy atom. The Hall–Kier alpha value is -3.40. The van der Waals surface area contributed by atoms with E-state index in [1.54, 1.807) is 26.4 Å². The van der Waals surface area contributed by atoms with Crippen LogP contribution in [-0.4, -0.2) is 41.7 Å². The minimum Gasteiger partial charge on any atom is -0.494 e. The fourth-order valence-electron chi connectivity index (χ4n) is 3.59. The van der Waals surface area contributed by atoms with Crippen LogP contribution in [0.1, 0.15) is 35.9 Å². The van der Waals surface area contributed by atoms with Crippen LogP contribution in [0.25, 0.3) is 11.3 Å². The van der Waals surface area contributed by atoms with Gasteiger partial charge in [0.15, 0.2) is 5.82 Å². The molecule has 0 radical (unpaired) electrons. The van der Waals surface area contributed by atoms with E-state index in [-0.39, 0.29) is 5.69 Å². The maximum absolute atomic E-state index is 12.3. The van der Waals surface area contributed by atoms with Crippen molar-refractivity contribution in [3.63, 3.8) is 0 Å². The van der Waals surface area contributed by atoms with Crippen LogP contribution >= 0.6 is 15.9 Å². The number of carbonyl (C=O) groups excluding carboxylic acids is 1. The van der Waals surface area contributed by atoms with Gasteiger partial charge in [-0.25, -0.2) is 15.0 Å². The van der Waals surface area contributed by atoms with Gasteiger partial charge in [0.05, 0.1) is 26.5 Å². The predicted octanol–water partition coefficient (Wildman–Crippen LogP) is 4.51. The molecule has 1 aliphatic carbocycles. The van der Waals surface area contributed by atoms with E-state index >= 15 is 0 Å². The molecule has 2 heterocycles. The Morgan fingerprint density at radius 3 is 2.41 bits per heavy atom. The minimum atomic E-state index is -0.689. The maximum Gasteiger partial charge on any atom is 0.268 e. The molecule has 0 unspecified atom stereocenters. The van der Waals surface area contributed by atoms with Crippen molar-refractivity contribution < 1.29 is 19.0 Å². The third-order valence-electron chi connectivity index (χ3n) is 5.42. The van der Waals surface area contributed by atoms with Gasteiger partial charge in [0, 0.05) is 11.6 Å². The molecular formula is C24H26BrN5O4. The summed E-state index contributed by atoms with van der Waals surface area (Å²) in [7, 11) is 3.14. The lowest BCUT2D eigenvalue weighted by Crippen LogP contribution is -2.16.